The summed E-state index contributed by atoms with van der Waals surface area (Å²) in [7, 11) is 0. The highest BCUT2D eigenvalue weighted by molar-refractivity contribution is 5.82. The summed E-state index contributed by atoms with van der Waals surface area (Å²) in [5.41, 5.74) is 1.22. The molecule has 0 fully saturated rings. The number of unbranched alkanes of at least 4 members (excludes halogenated alkanes) is 4. The van der Waals surface area contributed by atoms with E-state index >= 15 is 0 Å². The normalized spacial score (nSPS) is 10.8. The number of nitro groups is 1. The topological polar surface area (TPSA) is 93.0 Å². The minimum atomic E-state index is -0.410. The largest absolute Gasteiger partial charge is 0.367 e. The van der Waals surface area contributed by atoms with Crippen molar-refractivity contribution in [2.45, 2.75) is 52.4 Å². The zero-order valence-corrected chi connectivity index (χ0v) is 15.0. The number of nitrogens with one attached hydrogen (secondary N) is 2. The Bertz CT molecular complexity index is 705. The maximum Gasteiger partial charge on any atom is 0.271 e. The zero-order valence-electron chi connectivity index (χ0n) is 15.0. The van der Waals surface area contributed by atoms with Gasteiger partial charge in [-0.1, -0.05) is 39.5 Å². The Hall–Kier alpha value is -2.44. The van der Waals surface area contributed by atoms with Crippen molar-refractivity contribution in [2.24, 2.45) is 0 Å². The Balaban J connectivity index is 2.23. The fourth-order valence-electron chi connectivity index (χ4n) is 2.57. The Morgan fingerprint density at radius 2 is 1.48 bits per heavy atom. The minimum absolute atomic E-state index is 0.0300. The summed E-state index contributed by atoms with van der Waals surface area (Å²) >= 11 is 0. The second-order valence-electron chi connectivity index (χ2n) is 6.12. The van der Waals surface area contributed by atoms with Crippen molar-refractivity contribution in [1.82, 2.24) is 9.97 Å². The van der Waals surface area contributed by atoms with Gasteiger partial charge in [0.15, 0.2) is 11.6 Å². The molecule has 1 heterocycles. The highest BCUT2D eigenvalue weighted by Gasteiger charge is 2.12. The molecule has 136 valence electrons. The van der Waals surface area contributed by atoms with Crippen LogP contribution in [0.2, 0.25) is 0 Å². The van der Waals surface area contributed by atoms with Crippen LogP contribution in [0.1, 0.15) is 52.4 Å². The van der Waals surface area contributed by atoms with Gasteiger partial charge < -0.3 is 10.6 Å². The monoisotopic (exact) mass is 345 g/mol. The standard InChI is InChI=1S/C18H27N5O2/c1-3-5-7-11-19-17-18(20-12-8-6-4-2)22-16-13-14(23(24)25)9-10-15(16)21-17/h9-10,13H,3-8,11-12H2,1-2H3,(H,19,21)(H,20,22). The molecule has 0 radical (unpaired) electrons. The molecule has 0 aliphatic heterocycles. The summed E-state index contributed by atoms with van der Waals surface area (Å²) in [4.78, 5) is 19.8. The molecule has 7 nitrogen and oxygen atoms in total. The van der Waals surface area contributed by atoms with Crippen LogP contribution in [0.4, 0.5) is 17.3 Å². The van der Waals surface area contributed by atoms with E-state index in [-0.39, 0.29) is 5.69 Å². The van der Waals surface area contributed by atoms with E-state index in [9.17, 15) is 10.1 Å². The molecule has 2 rings (SSSR count). The molecule has 0 spiro atoms. The third-order valence-electron chi connectivity index (χ3n) is 4.00. The van der Waals surface area contributed by atoms with Crippen LogP contribution in [0.25, 0.3) is 11.0 Å². The lowest BCUT2D eigenvalue weighted by Gasteiger charge is -2.13. The first-order valence-electron chi connectivity index (χ1n) is 9.09. The Morgan fingerprint density at radius 3 is 2.00 bits per heavy atom. The summed E-state index contributed by atoms with van der Waals surface area (Å²) in [5.74, 6) is 1.38. The van der Waals surface area contributed by atoms with E-state index in [1.54, 1.807) is 6.07 Å². The number of nitro benzene ring substituents is 1. The van der Waals surface area contributed by atoms with E-state index in [1.165, 1.54) is 18.6 Å². The highest BCUT2D eigenvalue weighted by atomic mass is 16.6. The van der Waals surface area contributed by atoms with Crippen LogP contribution >= 0.6 is 0 Å². The van der Waals surface area contributed by atoms with Crippen molar-refractivity contribution in [1.29, 1.82) is 0 Å². The number of nitrogens with zero attached hydrogens (tertiary/aromatic N) is 3. The molecule has 0 unspecified atom stereocenters. The molecule has 0 bridgehead atoms. The summed E-state index contributed by atoms with van der Waals surface area (Å²) in [5, 5.41) is 17.6. The van der Waals surface area contributed by atoms with Crippen LogP contribution in [-0.4, -0.2) is 28.0 Å². The van der Waals surface area contributed by atoms with Crippen molar-refractivity contribution < 1.29 is 4.92 Å². The molecular formula is C18H27N5O2. The molecule has 1 aromatic carbocycles. The Labute approximate surface area is 148 Å². The van der Waals surface area contributed by atoms with Crippen LogP contribution in [0.5, 0.6) is 0 Å². The molecule has 2 aromatic rings. The van der Waals surface area contributed by atoms with Gasteiger partial charge in [0.05, 0.1) is 16.0 Å². The SMILES string of the molecule is CCCCCNc1nc2ccc([N+](=O)[O-])cc2nc1NCCCCC. The van der Waals surface area contributed by atoms with Crippen LogP contribution in [0.15, 0.2) is 18.2 Å². The quantitative estimate of drug-likeness (QED) is 0.347. The number of benzene rings is 1. The molecule has 0 saturated heterocycles. The lowest BCUT2D eigenvalue weighted by atomic mass is 10.2. The van der Waals surface area contributed by atoms with Gasteiger partial charge in [0.1, 0.15) is 0 Å². The van der Waals surface area contributed by atoms with Gasteiger partial charge in [-0.25, -0.2) is 9.97 Å². The molecule has 0 atom stereocenters. The first kappa shape index (κ1) is 18.9. The average molecular weight is 345 g/mol. The molecule has 25 heavy (non-hydrogen) atoms. The first-order chi connectivity index (χ1) is 12.2. The number of hydrogen-bond donors (Lipinski definition) is 2. The minimum Gasteiger partial charge on any atom is -0.367 e. The van der Waals surface area contributed by atoms with Gasteiger partial charge in [0, 0.05) is 25.2 Å². The fraction of sp³-hybridized carbons (Fsp3) is 0.556. The van der Waals surface area contributed by atoms with Crippen molar-refractivity contribution in [3.63, 3.8) is 0 Å². The second-order valence-corrected chi connectivity index (χ2v) is 6.12. The van der Waals surface area contributed by atoms with E-state index < -0.39 is 4.92 Å². The van der Waals surface area contributed by atoms with Crippen molar-refractivity contribution in [3.05, 3.63) is 28.3 Å². The van der Waals surface area contributed by atoms with Gasteiger partial charge in [0.25, 0.3) is 5.69 Å². The molecule has 7 heteroatoms. The van der Waals surface area contributed by atoms with Gasteiger partial charge in [-0.15, -0.1) is 0 Å². The summed E-state index contributed by atoms with van der Waals surface area (Å²) in [6.45, 7) is 5.98. The Kier molecular flexibility index (Phi) is 7.37. The fourth-order valence-corrected chi connectivity index (χ4v) is 2.57. The van der Waals surface area contributed by atoms with E-state index in [2.05, 4.69) is 34.4 Å². The van der Waals surface area contributed by atoms with Crippen molar-refractivity contribution in [2.75, 3.05) is 23.7 Å². The number of aromatic nitrogens is 2. The number of hydrogen-bond acceptors (Lipinski definition) is 6. The molecule has 0 aliphatic carbocycles. The lowest BCUT2D eigenvalue weighted by molar-refractivity contribution is -0.384. The first-order valence-corrected chi connectivity index (χ1v) is 9.09. The van der Waals surface area contributed by atoms with Crippen LogP contribution in [0, 0.1) is 10.1 Å². The van der Waals surface area contributed by atoms with Gasteiger partial charge in [-0.05, 0) is 18.9 Å². The predicted molar refractivity (Wildman–Crippen MR) is 102 cm³/mol. The lowest BCUT2D eigenvalue weighted by Crippen LogP contribution is -2.11. The Morgan fingerprint density at radius 1 is 0.920 bits per heavy atom. The molecule has 2 N–H and O–H groups in total. The summed E-state index contributed by atoms with van der Waals surface area (Å²) < 4.78 is 0. The van der Waals surface area contributed by atoms with Crippen LogP contribution in [-0.2, 0) is 0 Å². The van der Waals surface area contributed by atoms with Gasteiger partial charge in [0.2, 0.25) is 0 Å². The maximum atomic E-state index is 11.0. The van der Waals surface area contributed by atoms with Crippen LogP contribution in [0.3, 0.4) is 0 Å². The van der Waals surface area contributed by atoms with E-state index in [4.69, 9.17) is 0 Å². The second kappa shape index (κ2) is 9.76. The maximum absolute atomic E-state index is 11.0. The number of anilines is 2. The van der Waals surface area contributed by atoms with Crippen LogP contribution < -0.4 is 10.6 Å². The third-order valence-corrected chi connectivity index (χ3v) is 4.00. The number of fused-ring (bicyclic) bond motifs is 1. The third kappa shape index (κ3) is 5.55. The van der Waals surface area contributed by atoms with E-state index in [0.717, 1.165) is 45.2 Å². The summed E-state index contributed by atoms with van der Waals surface area (Å²) in [6.07, 6.45) is 6.76. The van der Waals surface area contributed by atoms with Gasteiger partial charge in [-0.3, -0.25) is 10.1 Å². The number of rotatable bonds is 11. The molecule has 0 aliphatic rings. The molecule has 0 saturated carbocycles. The predicted octanol–water partition coefficient (Wildman–Crippen LogP) is 4.74. The van der Waals surface area contributed by atoms with Crippen molar-refractivity contribution in [3.8, 4) is 0 Å². The summed E-state index contributed by atoms with van der Waals surface area (Å²) in [6, 6.07) is 4.59. The average Bonchev–Trinajstić information content (AvgIpc) is 2.61. The smallest absolute Gasteiger partial charge is 0.271 e. The van der Waals surface area contributed by atoms with Crippen molar-refractivity contribution >= 4 is 28.4 Å². The van der Waals surface area contributed by atoms with E-state index in [1.807, 2.05) is 0 Å². The molecule has 1 aromatic heterocycles. The van der Waals surface area contributed by atoms with Gasteiger partial charge >= 0.3 is 0 Å². The molecule has 0 amide bonds. The molecular weight excluding hydrogens is 318 g/mol. The highest BCUT2D eigenvalue weighted by Crippen LogP contribution is 2.24. The van der Waals surface area contributed by atoms with Gasteiger partial charge in [-0.2, -0.15) is 0 Å². The number of non-ortho nitro benzene ring substituents is 1. The van der Waals surface area contributed by atoms with E-state index in [0.29, 0.717) is 22.7 Å². The zero-order chi connectivity index (χ0) is 18.1.